The Morgan fingerprint density at radius 1 is 1.13 bits per heavy atom. The van der Waals surface area contributed by atoms with Gasteiger partial charge in [-0.15, -0.1) is 0 Å². The van der Waals surface area contributed by atoms with Gasteiger partial charge in [0.05, 0.1) is 12.9 Å². The van der Waals surface area contributed by atoms with E-state index in [9.17, 15) is 13.2 Å². The molecule has 8 nitrogen and oxygen atoms in total. The van der Waals surface area contributed by atoms with Crippen LogP contribution in [0.3, 0.4) is 0 Å². The molecule has 30 heavy (non-hydrogen) atoms. The van der Waals surface area contributed by atoms with Gasteiger partial charge in [0.1, 0.15) is 5.75 Å². The molecule has 9 heteroatoms. The van der Waals surface area contributed by atoms with Gasteiger partial charge in [-0.25, -0.2) is 8.42 Å². The zero-order chi connectivity index (χ0) is 21.1. The molecule has 4 rings (SSSR count). The van der Waals surface area contributed by atoms with Crippen LogP contribution in [0, 0.1) is 0 Å². The van der Waals surface area contributed by atoms with E-state index in [1.165, 1.54) is 4.31 Å². The van der Waals surface area contributed by atoms with Gasteiger partial charge < -0.3 is 19.5 Å². The smallest absolute Gasteiger partial charge is 0.251 e. The van der Waals surface area contributed by atoms with Gasteiger partial charge in [0, 0.05) is 25.2 Å². The minimum absolute atomic E-state index is 0.0140. The molecule has 0 atom stereocenters. The Hall–Kier alpha value is -2.78. The van der Waals surface area contributed by atoms with Crippen LogP contribution in [-0.2, 0) is 23.0 Å². The molecule has 0 unspecified atom stereocenters. The van der Waals surface area contributed by atoms with Crippen molar-refractivity contribution in [3.63, 3.8) is 0 Å². The van der Waals surface area contributed by atoms with Crippen molar-refractivity contribution in [3.8, 4) is 17.2 Å². The zero-order valence-electron chi connectivity index (χ0n) is 16.7. The Balaban J connectivity index is 1.27. The number of nitrogens with one attached hydrogen (secondary N) is 1. The SMILES string of the molecule is COc1ccc2c(c1)CCN(S(=O)(=O)CCCNC(=O)c1ccc3c(c1)OCO3)C2. The summed E-state index contributed by atoms with van der Waals surface area (Å²) in [6.07, 6.45) is 0.997. The summed E-state index contributed by atoms with van der Waals surface area (Å²) in [5.41, 5.74) is 2.57. The van der Waals surface area contributed by atoms with Crippen LogP contribution in [-0.4, -0.2) is 51.4 Å². The molecule has 0 radical (unpaired) electrons. The zero-order valence-corrected chi connectivity index (χ0v) is 17.5. The number of nitrogens with zero attached hydrogens (tertiary/aromatic N) is 1. The van der Waals surface area contributed by atoms with Crippen molar-refractivity contribution in [1.82, 2.24) is 9.62 Å². The van der Waals surface area contributed by atoms with Gasteiger partial charge in [-0.2, -0.15) is 4.31 Å². The van der Waals surface area contributed by atoms with E-state index in [1.54, 1.807) is 25.3 Å². The molecule has 2 aliphatic heterocycles. The summed E-state index contributed by atoms with van der Waals surface area (Å²) >= 11 is 0. The van der Waals surface area contributed by atoms with Gasteiger partial charge in [-0.1, -0.05) is 6.07 Å². The highest BCUT2D eigenvalue weighted by molar-refractivity contribution is 7.89. The van der Waals surface area contributed by atoms with Crippen LogP contribution in [0.1, 0.15) is 27.9 Å². The number of fused-ring (bicyclic) bond motifs is 2. The summed E-state index contributed by atoms with van der Waals surface area (Å²) < 4.78 is 42.7. The second-order valence-corrected chi connectivity index (χ2v) is 9.30. The molecular weight excluding hydrogens is 408 g/mol. The number of benzene rings is 2. The number of methoxy groups -OCH3 is 1. The van der Waals surface area contributed by atoms with E-state index in [4.69, 9.17) is 14.2 Å². The number of rotatable bonds is 7. The van der Waals surface area contributed by atoms with Crippen molar-refractivity contribution < 1.29 is 27.4 Å². The summed E-state index contributed by atoms with van der Waals surface area (Å²) in [6, 6.07) is 10.7. The monoisotopic (exact) mass is 432 g/mol. The molecule has 2 aliphatic rings. The molecule has 2 aromatic rings. The minimum atomic E-state index is -3.40. The van der Waals surface area contributed by atoms with Gasteiger partial charge in [-0.05, 0) is 54.3 Å². The number of hydrogen-bond acceptors (Lipinski definition) is 6. The maximum atomic E-state index is 12.7. The number of carbonyl (C=O) groups excluding carboxylic acids is 1. The Morgan fingerprint density at radius 3 is 2.80 bits per heavy atom. The molecular formula is C21H24N2O6S. The summed E-state index contributed by atoms with van der Waals surface area (Å²) in [5.74, 6) is 1.64. The van der Waals surface area contributed by atoms with Gasteiger partial charge in [-0.3, -0.25) is 4.79 Å². The standard InChI is InChI=1S/C21H24N2O6S/c1-27-18-5-3-17-13-23(9-7-15(17)11-18)30(25,26)10-2-8-22-21(24)16-4-6-19-20(12-16)29-14-28-19/h3-6,11-12H,2,7-10,13-14H2,1H3,(H,22,24). The first-order chi connectivity index (χ1) is 14.5. The first-order valence-electron chi connectivity index (χ1n) is 9.78. The lowest BCUT2D eigenvalue weighted by atomic mass is 10.0. The van der Waals surface area contributed by atoms with Crippen molar-refractivity contribution in [3.05, 3.63) is 53.1 Å². The normalized spacial score (nSPS) is 15.5. The van der Waals surface area contributed by atoms with Gasteiger partial charge >= 0.3 is 0 Å². The Bertz CT molecular complexity index is 1050. The van der Waals surface area contributed by atoms with Gasteiger partial charge in [0.25, 0.3) is 5.91 Å². The molecule has 0 aliphatic carbocycles. The summed E-state index contributed by atoms with van der Waals surface area (Å²) in [4.78, 5) is 12.3. The first kappa shape index (κ1) is 20.5. The number of carbonyl (C=O) groups is 1. The number of hydrogen-bond donors (Lipinski definition) is 1. The van der Waals surface area contributed by atoms with Crippen molar-refractivity contribution in [2.45, 2.75) is 19.4 Å². The molecule has 0 spiro atoms. The molecule has 1 amide bonds. The molecule has 2 aromatic carbocycles. The van der Waals surface area contributed by atoms with E-state index in [0.717, 1.165) is 16.9 Å². The maximum Gasteiger partial charge on any atom is 0.251 e. The number of ether oxygens (including phenoxy) is 3. The second kappa shape index (κ2) is 8.53. The van der Waals surface area contributed by atoms with Crippen molar-refractivity contribution in [1.29, 1.82) is 0 Å². The molecule has 0 saturated carbocycles. The van der Waals surface area contributed by atoms with Crippen molar-refractivity contribution in [2.75, 3.05) is 32.7 Å². The third-order valence-corrected chi connectivity index (χ3v) is 7.19. The van der Waals surface area contributed by atoms with E-state index >= 15 is 0 Å². The predicted octanol–water partition coefficient (Wildman–Crippen LogP) is 1.93. The third-order valence-electron chi connectivity index (χ3n) is 5.28. The summed E-state index contributed by atoms with van der Waals surface area (Å²) in [6.45, 7) is 1.23. The van der Waals surface area contributed by atoms with E-state index < -0.39 is 10.0 Å². The minimum Gasteiger partial charge on any atom is -0.497 e. The Labute approximate surface area is 175 Å². The number of amides is 1. The molecule has 0 bridgehead atoms. The quantitative estimate of drug-likeness (QED) is 0.672. The van der Waals surface area contributed by atoms with Crippen LogP contribution in [0.15, 0.2) is 36.4 Å². The van der Waals surface area contributed by atoms with Crippen LogP contribution in [0.5, 0.6) is 17.2 Å². The molecule has 0 saturated heterocycles. The third kappa shape index (κ3) is 4.36. The summed E-state index contributed by atoms with van der Waals surface area (Å²) in [7, 11) is -1.78. The fraction of sp³-hybridized carbons (Fsp3) is 0.381. The average molecular weight is 432 g/mol. The van der Waals surface area contributed by atoms with Gasteiger partial charge in [0.2, 0.25) is 16.8 Å². The van der Waals surface area contributed by atoms with E-state index in [0.29, 0.717) is 43.0 Å². The van der Waals surface area contributed by atoms with Crippen LogP contribution in [0.25, 0.3) is 0 Å². The first-order valence-corrected chi connectivity index (χ1v) is 11.4. The number of sulfonamides is 1. The lowest BCUT2D eigenvalue weighted by Gasteiger charge is -2.28. The highest BCUT2D eigenvalue weighted by Gasteiger charge is 2.26. The Morgan fingerprint density at radius 2 is 1.97 bits per heavy atom. The van der Waals surface area contributed by atoms with Crippen LogP contribution in [0.2, 0.25) is 0 Å². The Kier molecular flexibility index (Phi) is 5.83. The lowest BCUT2D eigenvalue weighted by Crippen LogP contribution is -2.38. The van der Waals surface area contributed by atoms with Crippen LogP contribution in [0.4, 0.5) is 0 Å². The highest BCUT2D eigenvalue weighted by atomic mass is 32.2. The van der Waals surface area contributed by atoms with Crippen LogP contribution >= 0.6 is 0 Å². The largest absolute Gasteiger partial charge is 0.497 e. The summed E-state index contributed by atoms with van der Waals surface area (Å²) in [5, 5.41) is 2.76. The molecule has 160 valence electrons. The maximum absolute atomic E-state index is 12.7. The fourth-order valence-electron chi connectivity index (χ4n) is 3.59. The van der Waals surface area contributed by atoms with E-state index in [2.05, 4.69) is 5.32 Å². The van der Waals surface area contributed by atoms with E-state index in [1.807, 2.05) is 18.2 Å². The molecule has 2 heterocycles. The topological polar surface area (TPSA) is 94.2 Å². The molecule has 0 aromatic heterocycles. The molecule has 1 N–H and O–H groups in total. The predicted molar refractivity (Wildman–Crippen MR) is 110 cm³/mol. The fourth-order valence-corrected chi connectivity index (χ4v) is 5.07. The van der Waals surface area contributed by atoms with Crippen LogP contribution < -0.4 is 19.5 Å². The lowest BCUT2D eigenvalue weighted by molar-refractivity contribution is 0.0953. The van der Waals surface area contributed by atoms with Crippen molar-refractivity contribution >= 4 is 15.9 Å². The van der Waals surface area contributed by atoms with Crippen molar-refractivity contribution in [2.24, 2.45) is 0 Å². The average Bonchev–Trinajstić information content (AvgIpc) is 3.23. The second-order valence-electron chi connectivity index (χ2n) is 7.21. The molecule has 0 fully saturated rings. The highest BCUT2D eigenvalue weighted by Crippen LogP contribution is 2.32. The van der Waals surface area contributed by atoms with Gasteiger partial charge in [0.15, 0.2) is 11.5 Å². The van der Waals surface area contributed by atoms with E-state index in [-0.39, 0.29) is 25.0 Å².